The molecule has 7 nitrogen and oxygen atoms in total. The van der Waals surface area contributed by atoms with Crippen molar-refractivity contribution in [2.24, 2.45) is 0 Å². The average Bonchev–Trinajstić information content (AvgIpc) is 3.42. The van der Waals surface area contributed by atoms with E-state index in [9.17, 15) is 45.1 Å². The number of nitrogens with one attached hydrogen (secondary N) is 3. The highest BCUT2D eigenvalue weighted by atomic mass is 32.1. The van der Waals surface area contributed by atoms with E-state index in [1.165, 1.54) is 0 Å². The Morgan fingerprint density at radius 1 is 1.00 bits per heavy atom. The molecule has 37 heavy (non-hydrogen) atoms. The second-order valence-electron chi connectivity index (χ2n) is 7.79. The van der Waals surface area contributed by atoms with E-state index in [0.717, 1.165) is 48.0 Å². The Morgan fingerprint density at radius 2 is 1.68 bits per heavy atom. The third-order valence-corrected chi connectivity index (χ3v) is 6.31. The second-order valence-corrected chi connectivity index (χ2v) is 8.64. The van der Waals surface area contributed by atoms with Gasteiger partial charge in [0.25, 0.3) is 11.8 Å². The molecule has 3 N–H and O–H groups in total. The van der Waals surface area contributed by atoms with Gasteiger partial charge in [0.15, 0.2) is 5.54 Å². The van der Waals surface area contributed by atoms with Crippen LogP contribution in [-0.4, -0.2) is 29.4 Å². The van der Waals surface area contributed by atoms with Gasteiger partial charge in [-0.1, -0.05) is 12.1 Å². The number of thiazole rings is 1. The first-order chi connectivity index (χ1) is 17.2. The summed E-state index contributed by atoms with van der Waals surface area (Å²) in [5, 5.41) is 6.14. The minimum atomic E-state index is -4.92. The van der Waals surface area contributed by atoms with Crippen molar-refractivity contribution in [3.05, 3.63) is 75.5 Å². The summed E-state index contributed by atoms with van der Waals surface area (Å²) in [6.07, 6.45) is -9.56. The molecule has 1 atom stereocenters. The van der Waals surface area contributed by atoms with Crippen LogP contribution in [0.2, 0.25) is 0 Å². The highest BCUT2D eigenvalue weighted by Gasteiger charge is 2.54. The molecule has 1 unspecified atom stereocenters. The minimum absolute atomic E-state index is 0.0399. The molecule has 1 aromatic heterocycles. The first kappa shape index (κ1) is 26.1. The summed E-state index contributed by atoms with van der Waals surface area (Å²) in [4.78, 5) is 39.8. The van der Waals surface area contributed by atoms with Crippen LogP contribution in [-0.2, 0) is 22.7 Å². The molecular weight excluding hydrogens is 533 g/mol. The Labute approximate surface area is 206 Å². The summed E-state index contributed by atoms with van der Waals surface area (Å²) in [5.74, 6) is -3.02. The van der Waals surface area contributed by atoms with Gasteiger partial charge in [-0.05, 0) is 41.5 Å². The third-order valence-electron chi connectivity index (χ3n) is 5.43. The predicted molar refractivity (Wildman–Crippen MR) is 115 cm³/mol. The monoisotopic (exact) mass is 546 g/mol. The SMILES string of the molecule is O=C1NC(=O)C(CNC(=O)c2ccc(F)cc2-c2ccc(C(F)(F)F)cc2)(c2ncsc2C(F)(F)F)N1. The topological polar surface area (TPSA) is 100 Å². The number of alkyl halides is 6. The predicted octanol–water partition coefficient (Wildman–Crippen LogP) is 4.45. The van der Waals surface area contributed by atoms with Crippen LogP contribution in [0.15, 0.2) is 48.0 Å². The molecule has 1 fully saturated rings. The van der Waals surface area contributed by atoms with Crippen molar-refractivity contribution >= 4 is 29.2 Å². The van der Waals surface area contributed by atoms with Gasteiger partial charge in [0.05, 0.1) is 17.6 Å². The first-order valence-electron chi connectivity index (χ1n) is 10.1. The standard InChI is InChI=1S/C22H13F7N4O3S/c23-12-5-6-13(14(7-12)10-1-3-11(4-2-10)21(24,25)26)17(34)30-8-20(18(35)32-19(36)33-20)15-16(22(27,28)29)37-9-31-15/h1-7,9H,8H2,(H,30,34)(H2,32,33,35,36). The zero-order chi connectivity index (χ0) is 27.2. The number of aromatic nitrogens is 1. The zero-order valence-electron chi connectivity index (χ0n) is 18.1. The molecule has 1 aliphatic rings. The Hall–Kier alpha value is -4.01. The van der Waals surface area contributed by atoms with Crippen molar-refractivity contribution in [1.29, 1.82) is 0 Å². The number of halogens is 7. The zero-order valence-corrected chi connectivity index (χ0v) is 18.9. The average molecular weight is 546 g/mol. The molecule has 0 bridgehead atoms. The lowest BCUT2D eigenvalue weighted by Gasteiger charge is -2.26. The van der Waals surface area contributed by atoms with Gasteiger partial charge in [-0.25, -0.2) is 14.2 Å². The molecule has 0 spiro atoms. The Balaban J connectivity index is 1.68. The minimum Gasteiger partial charge on any atom is -0.349 e. The number of rotatable bonds is 5. The molecular formula is C22H13F7N4O3S. The molecule has 1 aliphatic heterocycles. The van der Waals surface area contributed by atoms with Gasteiger partial charge in [-0.2, -0.15) is 26.3 Å². The van der Waals surface area contributed by atoms with Gasteiger partial charge in [0.1, 0.15) is 16.4 Å². The molecule has 2 aromatic carbocycles. The summed E-state index contributed by atoms with van der Waals surface area (Å²) < 4.78 is 93.2. The van der Waals surface area contributed by atoms with Crippen LogP contribution in [0, 0.1) is 5.82 Å². The van der Waals surface area contributed by atoms with Crippen LogP contribution in [0.25, 0.3) is 11.1 Å². The van der Waals surface area contributed by atoms with E-state index in [2.05, 4.69) is 15.6 Å². The maximum Gasteiger partial charge on any atom is 0.427 e. The van der Waals surface area contributed by atoms with Crippen LogP contribution < -0.4 is 16.0 Å². The highest BCUT2D eigenvalue weighted by Crippen LogP contribution is 2.40. The first-order valence-corrected chi connectivity index (χ1v) is 11.0. The number of nitrogens with zero attached hydrogens (tertiary/aromatic N) is 1. The lowest BCUT2D eigenvalue weighted by molar-refractivity contribution is -0.138. The van der Waals surface area contributed by atoms with Crippen molar-refractivity contribution < 1.29 is 45.1 Å². The molecule has 0 radical (unpaired) electrons. The summed E-state index contributed by atoms with van der Waals surface area (Å²) >= 11 is 0.178. The van der Waals surface area contributed by atoms with Crippen molar-refractivity contribution in [2.45, 2.75) is 17.9 Å². The quantitative estimate of drug-likeness (QED) is 0.325. The summed E-state index contributed by atoms with van der Waals surface area (Å²) in [5.41, 5.74) is -3.74. The highest BCUT2D eigenvalue weighted by molar-refractivity contribution is 7.09. The molecule has 194 valence electrons. The number of carbonyl (C=O) groups excluding carboxylic acids is 3. The summed E-state index contributed by atoms with van der Waals surface area (Å²) in [6, 6.07) is 5.18. The molecule has 4 rings (SSSR count). The van der Waals surface area contributed by atoms with Crippen molar-refractivity contribution in [3.63, 3.8) is 0 Å². The number of carbonyl (C=O) groups is 3. The van der Waals surface area contributed by atoms with Gasteiger partial charge >= 0.3 is 18.4 Å². The van der Waals surface area contributed by atoms with Gasteiger partial charge in [-0.15, -0.1) is 11.3 Å². The van der Waals surface area contributed by atoms with Crippen LogP contribution >= 0.6 is 11.3 Å². The largest absolute Gasteiger partial charge is 0.427 e. The summed E-state index contributed by atoms with van der Waals surface area (Å²) in [6.45, 7) is -0.875. The van der Waals surface area contributed by atoms with Gasteiger partial charge < -0.3 is 10.6 Å². The van der Waals surface area contributed by atoms with E-state index in [1.54, 1.807) is 0 Å². The van der Waals surface area contributed by atoms with Crippen LogP contribution in [0.1, 0.15) is 26.5 Å². The summed E-state index contributed by atoms with van der Waals surface area (Å²) in [7, 11) is 0. The number of amides is 4. The molecule has 1 saturated heterocycles. The maximum absolute atomic E-state index is 14.0. The third kappa shape index (κ3) is 4.98. The van der Waals surface area contributed by atoms with E-state index in [4.69, 9.17) is 0 Å². The number of hydrogen-bond donors (Lipinski definition) is 3. The Morgan fingerprint density at radius 3 is 2.24 bits per heavy atom. The number of benzene rings is 2. The molecule has 3 aromatic rings. The second kappa shape index (κ2) is 9.14. The van der Waals surface area contributed by atoms with E-state index in [-0.39, 0.29) is 28.0 Å². The van der Waals surface area contributed by atoms with E-state index < -0.39 is 64.2 Å². The Bertz CT molecular complexity index is 1390. The normalized spacial score (nSPS) is 17.9. The Kier molecular flexibility index (Phi) is 6.44. The van der Waals surface area contributed by atoms with Crippen LogP contribution in [0.5, 0.6) is 0 Å². The van der Waals surface area contributed by atoms with Gasteiger partial charge in [-0.3, -0.25) is 14.9 Å². The van der Waals surface area contributed by atoms with Gasteiger partial charge in [0, 0.05) is 5.56 Å². The van der Waals surface area contributed by atoms with E-state index >= 15 is 0 Å². The van der Waals surface area contributed by atoms with Crippen molar-refractivity contribution in [2.75, 3.05) is 6.54 Å². The molecule has 2 heterocycles. The number of imide groups is 1. The van der Waals surface area contributed by atoms with Crippen molar-refractivity contribution in [3.8, 4) is 11.1 Å². The fourth-order valence-corrected chi connectivity index (χ4v) is 4.45. The van der Waals surface area contributed by atoms with Crippen LogP contribution in [0.4, 0.5) is 35.5 Å². The lowest BCUT2D eigenvalue weighted by atomic mass is 9.93. The lowest BCUT2D eigenvalue weighted by Crippen LogP contribution is -2.53. The fraction of sp³-hybridized carbons (Fsp3) is 0.182. The smallest absolute Gasteiger partial charge is 0.349 e. The maximum atomic E-state index is 14.0. The van der Waals surface area contributed by atoms with E-state index in [0.29, 0.717) is 0 Å². The molecule has 4 amide bonds. The molecule has 15 heteroatoms. The van der Waals surface area contributed by atoms with Crippen LogP contribution in [0.3, 0.4) is 0 Å². The number of urea groups is 1. The van der Waals surface area contributed by atoms with Crippen molar-refractivity contribution in [1.82, 2.24) is 20.9 Å². The molecule has 0 saturated carbocycles. The molecule has 0 aliphatic carbocycles. The fourth-order valence-electron chi connectivity index (χ4n) is 3.72. The van der Waals surface area contributed by atoms with Gasteiger partial charge in [0.2, 0.25) is 0 Å². The number of hydrogen-bond acceptors (Lipinski definition) is 5. The van der Waals surface area contributed by atoms with E-state index in [1.807, 2.05) is 5.32 Å².